The molecule has 3 N–H and O–H groups in total. The number of ether oxygens (including phenoxy) is 1. The Morgan fingerprint density at radius 2 is 1.72 bits per heavy atom. The Bertz CT molecular complexity index is 1190. The Morgan fingerprint density at radius 3 is 2.36 bits per heavy atom. The molecule has 2 aromatic rings. The van der Waals surface area contributed by atoms with Crippen LogP contribution in [0.1, 0.15) is 37.4 Å². The van der Waals surface area contributed by atoms with Crippen LogP contribution in [0.4, 0.5) is 13.2 Å². The van der Waals surface area contributed by atoms with Gasteiger partial charge in [0.15, 0.2) is 0 Å². The zero-order chi connectivity index (χ0) is 25.9. The third-order valence-electron chi connectivity index (χ3n) is 5.59. The van der Waals surface area contributed by atoms with Gasteiger partial charge in [-0.2, -0.15) is 18.3 Å². The Balaban J connectivity index is 1.37. The van der Waals surface area contributed by atoms with Crippen molar-refractivity contribution in [2.24, 2.45) is 11.0 Å². The van der Waals surface area contributed by atoms with Crippen LogP contribution >= 0.6 is 23.1 Å². The lowest BCUT2D eigenvalue weighted by molar-refractivity contribution is -0.137. The summed E-state index contributed by atoms with van der Waals surface area (Å²) in [4.78, 5) is 26.1. The molecule has 0 aliphatic carbocycles. The number of thioether (sulfide) groups is 1. The van der Waals surface area contributed by atoms with E-state index in [1.807, 2.05) is 0 Å². The van der Waals surface area contributed by atoms with Crippen molar-refractivity contribution in [1.82, 2.24) is 15.9 Å². The third-order valence-corrected chi connectivity index (χ3v) is 7.91. The number of aliphatic hydroxyl groups excluding tert-OH is 1. The molecule has 0 bridgehead atoms. The first-order valence-corrected chi connectivity index (χ1v) is 12.8. The third kappa shape index (κ3) is 6.09. The number of rotatable bonds is 6. The Kier molecular flexibility index (Phi) is 8.03. The number of amides is 2. The lowest BCUT2D eigenvalue weighted by Gasteiger charge is -2.26. The van der Waals surface area contributed by atoms with Crippen molar-refractivity contribution in [3.05, 3.63) is 63.0 Å². The van der Waals surface area contributed by atoms with E-state index < -0.39 is 23.6 Å². The number of hydrogen-bond acceptors (Lipinski definition) is 8. The lowest BCUT2D eigenvalue weighted by atomic mass is 10.0. The van der Waals surface area contributed by atoms with Crippen molar-refractivity contribution in [2.75, 3.05) is 32.1 Å². The van der Waals surface area contributed by atoms with Gasteiger partial charge in [0.1, 0.15) is 5.76 Å². The van der Waals surface area contributed by atoms with Gasteiger partial charge >= 0.3 is 6.18 Å². The molecule has 3 heterocycles. The average Bonchev–Trinajstić information content (AvgIpc) is 3.50. The number of aliphatic hydroxyl groups is 1. The van der Waals surface area contributed by atoms with Crippen LogP contribution in [0.3, 0.4) is 0 Å². The molecule has 192 valence electrons. The summed E-state index contributed by atoms with van der Waals surface area (Å²) in [6, 6.07) is 7.68. The molecule has 0 saturated carbocycles. The second-order valence-corrected chi connectivity index (χ2v) is 10.2. The monoisotopic (exact) mass is 540 g/mol. The highest BCUT2D eigenvalue weighted by molar-refractivity contribution is 8.08. The van der Waals surface area contributed by atoms with Crippen LogP contribution in [0.15, 0.2) is 47.3 Å². The minimum absolute atomic E-state index is 0.00606. The van der Waals surface area contributed by atoms with Gasteiger partial charge in [-0.1, -0.05) is 12.1 Å². The molecule has 1 saturated heterocycles. The molecule has 36 heavy (non-hydrogen) atoms. The smallest absolute Gasteiger partial charge is 0.416 e. The number of carbonyl (C=O) groups excluding carboxylic acids is 2. The molecule has 4 rings (SSSR count). The van der Waals surface area contributed by atoms with Gasteiger partial charge in [-0.25, -0.2) is 10.4 Å². The fourth-order valence-electron chi connectivity index (χ4n) is 3.57. The van der Waals surface area contributed by atoms with Gasteiger partial charge in [0.05, 0.1) is 39.4 Å². The fraction of sp³-hybridized carbons (Fsp3) is 0.348. The van der Waals surface area contributed by atoms with Gasteiger partial charge in [0, 0.05) is 24.6 Å². The van der Waals surface area contributed by atoms with Crippen LogP contribution in [0.2, 0.25) is 0 Å². The number of carbonyl (C=O) groups is 2. The number of morpholine rings is 1. The van der Waals surface area contributed by atoms with E-state index in [9.17, 15) is 27.9 Å². The summed E-state index contributed by atoms with van der Waals surface area (Å²) in [5, 5.41) is 16.5. The summed E-state index contributed by atoms with van der Waals surface area (Å²) in [5.41, 5.74) is 5.38. The van der Waals surface area contributed by atoms with E-state index in [1.165, 1.54) is 30.0 Å². The molecule has 1 aromatic heterocycles. The van der Waals surface area contributed by atoms with Crippen LogP contribution in [-0.4, -0.2) is 59.7 Å². The largest absolute Gasteiger partial charge is 0.510 e. The summed E-state index contributed by atoms with van der Waals surface area (Å²) in [6.07, 6.45) is -4.43. The van der Waals surface area contributed by atoms with Crippen LogP contribution in [-0.2, 0) is 10.9 Å². The highest BCUT2D eigenvalue weighted by atomic mass is 32.2. The van der Waals surface area contributed by atoms with Gasteiger partial charge < -0.3 is 9.84 Å². The molecule has 2 aliphatic rings. The summed E-state index contributed by atoms with van der Waals surface area (Å²) in [6.45, 7) is 3.88. The second-order valence-electron chi connectivity index (χ2n) is 8.05. The van der Waals surface area contributed by atoms with E-state index >= 15 is 0 Å². The lowest BCUT2D eigenvalue weighted by Crippen LogP contribution is -2.48. The summed E-state index contributed by atoms with van der Waals surface area (Å²) in [5.74, 6) is -0.881. The number of hydrazone groups is 1. The fourth-order valence-corrected chi connectivity index (χ4v) is 5.68. The number of nitrogens with one attached hydrogen (secondary N) is 2. The van der Waals surface area contributed by atoms with Crippen molar-refractivity contribution in [1.29, 1.82) is 0 Å². The number of alkyl halides is 3. The quantitative estimate of drug-likeness (QED) is 0.376. The van der Waals surface area contributed by atoms with E-state index in [0.29, 0.717) is 58.0 Å². The van der Waals surface area contributed by atoms with Crippen LogP contribution in [0.5, 0.6) is 0 Å². The SMILES string of the molecule is C/C(=N\NC(=O)c1ccc(C(=O)NN2CCOCC2)s1)C1CSC(c2ccc(C(F)(F)F)cc2)=C1O. The topological polar surface area (TPSA) is 103 Å². The molecule has 1 unspecified atom stereocenters. The zero-order valence-corrected chi connectivity index (χ0v) is 20.7. The van der Waals surface area contributed by atoms with E-state index in [-0.39, 0.29) is 11.7 Å². The number of hydrazine groups is 1. The van der Waals surface area contributed by atoms with Crippen molar-refractivity contribution in [3.63, 3.8) is 0 Å². The standard InChI is InChI=1S/C23H23F3N4O4S2/c1-13(16-12-35-20(19(16)31)14-2-4-15(5-3-14)23(24,25)26)27-28-21(32)17-6-7-18(36-17)22(33)29-30-8-10-34-11-9-30/h2-7,16,31H,8-12H2,1H3,(H,28,32)(H,29,33)/b27-13+. The first-order valence-electron chi connectivity index (χ1n) is 10.9. The number of allylic oxidation sites excluding steroid dienone is 1. The molecule has 8 nitrogen and oxygen atoms in total. The van der Waals surface area contributed by atoms with Crippen molar-refractivity contribution >= 4 is 45.5 Å². The number of benzene rings is 1. The minimum atomic E-state index is -4.43. The van der Waals surface area contributed by atoms with E-state index in [0.717, 1.165) is 23.5 Å². The predicted molar refractivity (Wildman–Crippen MR) is 132 cm³/mol. The van der Waals surface area contributed by atoms with Gasteiger partial charge in [0.2, 0.25) is 0 Å². The predicted octanol–water partition coefficient (Wildman–Crippen LogP) is 4.14. The minimum Gasteiger partial charge on any atom is -0.510 e. The maximum atomic E-state index is 12.8. The van der Waals surface area contributed by atoms with Gasteiger partial charge in [-0.15, -0.1) is 23.1 Å². The number of halogens is 3. The highest BCUT2D eigenvalue weighted by Crippen LogP contribution is 2.42. The van der Waals surface area contributed by atoms with Gasteiger partial charge in [0.25, 0.3) is 11.8 Å². The van der Waals surface area contributed by atoms with Crippen molar-refractivity contribution in [2.45, 2.75) is 13.1 Å². The van der Waals surface area contributed by atoms with Crippen LogP contribution < -0.4 is 10.9 Å². The maximum absolute atomic E-state index is 12.8. The molecule has 2 amide bonds. The van der Waals surface area contributed by atoms with Crippen LogP contribution in [0, 0.1) is 5.92 Å². The molecular formula is C23H23F3N4O4S2. The van der Waals surface area contributed by atoms with Crippen molar-refractivity contribution in [3.8, 4) is 0 Å². The van der Waals surface area contributed by atoms with E-state index in [2.05, 4.69) is 16.0 Å². The van der Waals surface area contributed by atoms with E-state index in [4.69, 9.17) is 4.74 Å². The molecule has 2 aliphatic heterocycles. The average molecular weight is 541 g/mol. The summed E-state index contributed by atoms with van der Waals surface area (Å²) in [7, 11) is 0. The van der Waals surface area contributed by atoms with Crippen molar-refractivity contribution < 1.29 is 32.6 Å². The van der Waals surface area contributed by atoms with Gasteiger partial charge in [-0.05, 0) is 36.8 Å². The van der Waals surface area contributed by atoms with E-state index in [1.54, 1.807) is 18.0 Å². The number of hydrogen-bond donors (Lipinski definition) is 3. The zero-order valence-electron chi connectivity index (χ0n) is 19.1. The Morgan fingerprint density at radius 1 is 1.08 bits per heavy atom. The molecule has 0 spiro atoms. The Labute approximate surface area is 213 Å². The summed E-state index contributed by atoms with van der Waals surface area (Å²) < 4.78 is 43.7. The number of nitrogens with zero attached hydrogens (tertiary/aromatic N) is 2. The second kappa shape index (κ2) is 11.0. The molecule has 1 aromatic carbocycles. The van der Waals surface area contributed by atoms with Crippen LogP contribution in [0.25, 0.3) is 4.91 Å². The molecular weight excluding hydrogens is 517 g/mol. The maximum Gasteiger partial charge on any atom is 0.416 e. The number of thiophene rings is 1. The molecule has 1 fully saturated rings. The Hall–Kier alpha value is -2.87. The van der Waals surface area contributed by atoms with Gasteiger partial charge in [-0.3, -0.25) is 15.0 Å². The highest BCUT2D eigenvalue weighted by Gasteiger charge is 2.32. The first-order chi connectivity index (χ1) is 17.1. The normalized spacial score (nSPS) is 19.4. The molecule has 13 heteroatoms. The first kappa shape index (κ1) is 26.2. The molecule has 1 atom stereocenters. The summed E-state index contributed by atoms with van der Waals surface area (Å²) >= 11 is 2.33. The molecule has 0 radical (unpaired) electrons.